The number of quaternary nitrogens is 1. The molecule has 1 atom stereocenters. The quantitative estimate of drug-likeness (QED) is 0.607. The molecule has 78 valence electrons. The highest BCUT2D eigenvalue weighted by atomic mass is 16.8. The molecule has 0 saturated carbocycles. The summed E-state index contributed by atoms with van der Waals surface area (Å²) in [5.74, 6) is -0.413. The number of rotatable bonds is 2. The first kappa shape index (κ1) is 11.0. The van der Waals surface area contributed by atoms with Gasteiger partial charge in [0.25, 0.3) is 0 Å². The molecular formula is C10H22NO2+. The highest BCUT2D eigenvalue weighted by molar-refractivity contribution is 4.83. The molecular weight excluding hydrogens is 166 g/mol. The van der Waals surface area contributed by atoms with Crippen molar-refractivity contribution in [1.29, 1.82) is 0 Å². The van der Waals surface area contributed by atoms with Crippen LogP contribution in [0.15, 0.2) is 0 Å². The number of hydrogen-bond acceptors (Lipinski definition) is 2. The summed E-state index contributed by atoms with van der Waals surface area (Å²) in [5.41, 5.74) is -0.137. The molecule has 0 aromatic rings. The first-order chi connectivity index (χ1) is 5.62. The van der Waals surface area contributed by atoms with E-state index in [9.17, 15) is 0 Å². The van der Waals surface area contributed by atoms with Gasteiger partial charge in [0, 0.05) is 0 Å². The minimum Gasteiger partial charge on any atom is -0.347 e. The molecule has 1 rings (SSSR count). The van der Waals surface area contributed by atoms with Gasteiger partial charge in [0.15, 0.2) is 5.79 Å². The van der Waals surface area contributed by atoms with Crippen molar-refractivity contribution in [2.75, 3.05) is 34.3 Å². The fourth-order valence-electron chi connectivity index (χ4n) is 2.06. The van der Waals surface area contributed by atoms with Gasteiger partial charge in [0.05, 0.1) is 27.7 Å². The molecule has 1 aliphatic heterocycles. The average Bonchev–Trinajstić information content (AvgIpc) is 2.00. The number of ether oxygens (including phenoxy) is 2. The van der Waals surface area contributed by atoms with Crippen molar-refractivity contribution in [3.8, 4) is 0 Å². The molecule has 1 heterocycles. The zero-order valence-electron chi connectivity index (χ0n) is 9.68. The van der Waals surface area contributed by atoms with Crippen LogP contribution in [0.3, 0.4) is 0 Å². The summed E-state index contributed by atoms with van der Waals surface area (Å²) in [5, 5.41) is 0. The number of hydrogen-bond donors (Lipinski definition) is 0. The summed E-state index contributed by atoms with van der Waals surface area (Å²) < 4.78 is 12.3. The van der Waals surface area contributed by atoms with Gasteiger partial charge in [-0.25, -0.2) is 0 Å². The number of likely N-dealkylation sites (N-methyl/N-ethyl adjacent to an activating group) is 1. The van der Waals surface area contributed by atoms with Gasteiger partial charge in [-0.1, -0.05) is 0 Å². The van der Waals surface area contributed by atoms with Gasteiger partial charge in [0.1, 0.15) is 12.1 Å². The Labute approximate surface area is 81.2 Å². The van der Waals surface area contributed by atoms with Gasteiger partial charge in [-0.3, -0.25) is 0 Å². The molecule has 3 heteroatoms. The summed E-state index contributed by atoms with van der Waals surface area (Å²) >= 11 is 0. The Morgan fingerprint density at radius 2 is 1.69 bits per heavy atom. The normalized spacial score (nSPS) is 33.7. The van der Waals surface area contributed by atoms with Gasteiger partial charge < -0.3 is 14.0 Å². The topological polar surface area (TPSA) is 18.5 Å². The van der Waals surface area contributed by atoms with Crippen LogP contribution in [0.2, 0.25) is 0 Å². The van der Waals surface area contributed by atoms with Gasteiger partial charge in [-0.05, 0) is 20.8 Å². The molecule has 0 N–H and O–H groups in total. The third-order valence-electron chi connectivity index (χ3n) is 2.03. The monoisotopic (exact) mass is 188 g/mol. The molecule has 1 aliphatic rings. The summed E-state index contributed by atoms with van der Waals surface area (Å²) in [7, 11) is 6.50. The highest BCUT2D eigenvalue weighted by Gasteiger charge is 2.45. The molecule has 0 spiro atoms. The van der Waals surface area contributed by atoms with Gasteiger partial charge in [0.2, 0.25) is 0 Å². The maximum absolute atomic E-state index is 5.87. The maximum atomic E-state index is 5.87. The maximum Gasteiger partial charge on any atom is 0.164 e. The highest BCUT2D eigenvalue weighted by Crippen LogP contribution is 2.31. The smallest absolute Gasteiger partial charge is 0.164 e. The van der Waals surface area contributed by atoms with Crippen LogP contribution < -0.4 is 0 Å². The van der Waals surface area contributed by atoms with Crippen LogP contribution in [0.4, 0.5) is 0 Å². The van der Waals surface area contributed by atoms with Crippen molar-refractivity contribution in [3.63, 3.8) is 0 Å². The predicted molar refractivity (Wildman–Crippen MR) is 52.4 cm³/mol. The largest absolute Gasteiger partial charge is 0.347 e. The lowest BCUT2D eigenvalue weighted by atomic mass is 10.1. The van der Waals surface area contributed by atoms with E-state index >= 15 is 0 Å². The fraction of sp³-hybridized carbons (Fsp3) is 1.00. The SMILES string of the molecule is CC1(C)OC[C@@](C)(C[N+](C)(C)C)O1. The number of nitrogens with zero attached hydrogens (tertiary/aromatic N) is 1. The fourth-order valence-corrected chi connectivity index (χ4v) is 2.06. The van der Waals surface area contributed by atoms with Gasteiger partial charge >= 0.3 is 0 Å². The van der Waals surface area contributed by atoms with E-state index < -0.39 is 5.79 Å². The first-order valence-corrected chi connectivity index (χ1v) is 4.77. The van der Waals surface area contributed by atoms with Crippen molar-refractivity contribution in [2.45, 2.75) is 32.2 Å². The summed E-state index contributed by atoms with van der Waals surface area (Å²) in [6, 6.07) is 0. The lowest BCUT2D eigenvalue weighted by Gasteiger charge is -2.33. The van der Waals surface area contributed by atoms with Crippen LogP contribution in [0.5, 0.6) is 0 Å². The summed E-state index contributed by atoms with van der Waals surface area (Å²) in [4.78, 5) is 0. The molecule has 1 saturated heterocycles. The van der Waals surface area contributed by atoms with E-state index in [1.807, 2.05) is 13.8 Å². The Kier molecular flexibility index (Phi) is 2.48. The zero-order valence-corrected chi connectivity index (χ0v) is 9.68. The van der Waals surface area contributed by atoms with Crippen LogP contribution in [-0.4, -0.2) is 50.2 Å². The molecule has 0 amide bonds. The zero-order chi connectivity index (χ0) is 10.3. The van der Waals surface area contributed by atoms with E-state index in [1.54, 1.807) is 0 Å². The Bertz CT molecular complexity index is 196. The Balaban J connectivity index is 2.60. The molecule has 13 heavy (non-hydrogen) atoms. The third kappa shape index (κ3) is 3.25. The summed E-state index contributed by atoms with van der Waals surface area (Å²) in [6.07, 6.45) is 0. The van der Waals surface area contributed by atoms with E-state index in [0.29, 0.717) is 6.61 Å². The molecule has 0 aromatic carbocycles. The molecule has 1 fully saturated rings. The van der Waals surface area contributed by atoms with Crippen molar-refractivity contribution in [2.24, 2.45) is 0 Å². The average molecular weight is 188 g/mol. The lowest BCUT2D eigenvalue weighted by molar-refractivity contribution is -0.876. The van der Waals surface area contributed by atoms with Gasteiger partial charge in [-0.2, -0.15) is 0 Å². The van der Waals surface area contributed by atoms with E-state index in [0.717, 1.165) is 11.0 Å². The predicted octanol–water partition coefficient (Wildman–Crippen LogP) is 1.23. The van der Waals surface area contributed by atoms with E-state index in [1.165, 1.54) is 0 Å². The Hall–Kier alpha value is -0.120. The second kappa shape index (κ2) is 2.94. The second-order valence-electron chi connectivity index (χ2n) is 5.69. The molecule has 0 unspecified atom stereocenters. The van der Waals surface area contributed by atoms with Crippen molar-refractivity contribution >= 4 is 0 Å². The molecule has 3 nitrogen and oxygen atoms in total. The molecule has 0 radical (unpaired) electrons. The minimum atomic E-state index is -0.413. The van der Waals surface area contributed by atoms with Crippen molar-refractivity contribution in [3.05, 3.63) is 0 Å². The molecule has 0 aromatic heterocycles. The van der Waals surface area contributed by atoms with E-state index in [4.69, 9.17) is 9.47 Å². The lowest BCUT2D eigenvalue weighted by Crippen LogP contribution is -2.49. The van der Waals surface area contributed by atoms with Crippen molar-refractivity contribution in [1.82, 2.24) is 0 Å². The Morgan fingerprint density at radius 3 is 2.00 bits per heavy atom. The standard InChI is InChI=1S/C10H22NO2/c1-9(2)12-8-10(3,13-9)7-11(4,5)6/h7-8H2,1-6H3/q+1/t10-/m1/s1. The second-order valence-corrected chi connectivity index (χ2v) is 5.69. The minimum absolute atomic E-state index is 0.137. The first-order valence-electron chi connectivity index (χ1n) is 4.77. The van der Waals surface area contributed by atoms with Crippen molar-refractivity contribution < 1.29 is 14.0 Å². The van der Waals surface area contributed by atoms with Crippen LogP contribution in [0.25, 0.3) is 0 Å². The van der Waals surface area contributed by atoms with Gasteiger partial charge in [-0.15, -0.1) is 0 Å². The van der Waals surface area contributed by atoms with Crippen LogP contribution in [0, 0.1) is 0 Å². The van der Waals surface area contributed by atoms with Crippen LogP contribution in [-0.2, 0) is 9.47 Å². The van der Waals surface area contributed by atoms with E-state index in [-0.39, 0.29) is 5.60 Å². The third-order valence-corrected chi connectivity index (χ3v) is 2.03. The summed E-state index contributed by atoms with van der Waals surface area (Å²) in [6.45, 7) is 7.71. The molecule has 0 aliphatic carbocycles. The molecule has 0 bridgehead atoms. The van der Waals surface area contributed by atoms with Crippen LogP contribution in [0.1, 0.15) is 20.8 Å². The van der Waals surface area contributed by atoms with E-state index in [2.05, 4.69) is 28.1 Å². The van der Waals surface area contributed by atoms with Crippen LogP contribution >= 0.6 is 0 Å². The Morgan fingerprint density at radius 1 is 1.15 bits per heavy atom.